The molecule has 3 heterocycles. The molecule has 3 aliphatic rings. The number of hydrogen-bond acceptors (Lipinski definition) is 4. The monoisotopic (exact) mass is 411 g/mol. The topological polar surface area (TPSA) is 72.6 Å². The largest absolute Gasteiger partial charge is 0.379 e. The lowest BCUT2D eigenvalue weighted by molar-refractivity contribution is 0.0186. The number of urea groups is 1. The van der Waals surface area contributed by atoms with E-state index in [0.29, 0.717) is 25.2 Å². The van der Waals surface area contributed by atoms with Gasteiger partial charge in [-0.15, -0.1) is 0 Å². The third-order valence-corrected chi connectivity index (χ3v) is 7.03. The highest BCUT2D eigenvalue weighted by Crippen LogP contribution is 2.44. The van der Waals surface area contributed by atoms with E-state index in [-0.39, 0.29) is 12.1 Å². The Morgan fingerprint density at radius 2 is 2.13 bits per heavy atom. The predicted octanol–water partition coefficient (Wildman–Crippen LogP) is 2.52. The predicted molar refractivity (Wildman–Crippen MR) is 118 cm³/mol. The Balaban J connectivity index is 1.37. The van der Waals surface area contributed by atoms with Gasteiger partial charge in [0.1, 0.15) is 0 Å². The minimum atomic E-state index is -0.0935. The zero-order valence-electron chi connectivity index (χ0n) is 18.0. The van der Waals surface area contributed by atoms with Gasteiger partial charge in [0.25, 0.3) is 0 Å². The van der Waals surface area contributed by atoms with Crippen LogP contribution in [0.15, 0.2) is 18.2 Å². The third-order valence-electron chi connectivity index (χ3n) is 7.03. The maximum absolute atomic E-state index is 12.7. The summed E-state index contributed by atoms with van der Waals surface area (Å²) in [6.07, 6.45) is 3.21. The molecule has 162 valence electrons. The summed E-state index contributed by atoms with van der Waals surface area (Å²) < 4.78 is 5.37. The number of benzene rings is 1. The number of carbonyl (C=O) groups excluding carboxylic acids is 1. The average Bonchev–Trinajstić information content (AvgIpc) is 3.06. The number of aryl methyl sites for hydroxylation is 1. The van der Waals surface area contributed by atoms with Gasteiger partial charge in [0.15, 0.2) is 0 Å². The number of amides is 2. The summed E-state index contributed by atoms with van der Waals surface area (Å²) in [5.41, 5.74) is 8.49. The number of fused-ring (bicyclic) bond motifs is 2. The molecule has 2 aliphatic heterocycles. The lowest BCUT2D eigenvalue weighted by Gasteiger charge is -2.47. The molecule has 2 amide bonds. The molecule has 1 unspecified atom stereocenters. The van der Waals surface area contributed by atoms with Crippen molar-refractivity contribution in [2.24, 2.45) is 0 Å². The molecule has 3 N–H and O–H groups in total. The van der Waals surface area contributed by atoms with Crippen molar-refractivity contribution in [3.8, 4) is 0 Å². The summed E-state index contributed by atoms with van der Waals surface area (Å²) in [6.45, 7) is 9.24. The highest BCUT2D eigenvalue weighted by molar-refractivity contribution is 5.89. The standard InChI is InChI=1S/C23H33N5O2/c1-3-7-27-14-16(25-23(29)26-28-8-10-30-11-9-28)12-19-17-5-4-6-20-22(17)18(13-21(19)27)15(2)24-20/h4-6,16,19,21,24H,3,7-14H2,1-2H3,(H2,25,26,29)/t16-,19?,21+/m0/s1. The first-order valence-electron chi connectivity index (χ1n) is 11.4. The van der Waals surface area contributed by atoms with E-state index >= 15 is 0 Å². The summed E-state index contributed by atoms with van der Waals surface area (Å²) in [5, 5.41) is 6.64. The molecule has 2 fully saturated rings. The summed E-state index contributed by atoms with van der Waals surface area (Å²) >= 11 is 0. The Kier molecular flexibility index (Phi) is 5.43. The lowest BCUT2D eigenvalue weighted by Crippen LogP contribution is -2.59. The molecule has 2 saturated heterocycles. The number of likely N-dealkylation sites (tertiary alicyclic amines) is 1. The number of aromatic nitrogens is 1. The Bertz CT molecular complexity index is 920. The molecule has 30 heavy (non-hydrogen) atoms. The Morgan fingerprint density at radius 3 is 2.93 bits per heavy atom. The van der Waals surface area contributed by atoms with Crippen molar-refractivity contribution in [3.63, 3.8) is 0 Å². The van der Waals surface area contributed by atoms with Crippen LogP contribution in [0.5, 0.6) is 0 Å². The minimum absolute atomic E-state index is 0.0935. The van der Waals surface area contributed by atoms with E-state index < -0.39 is 0 Å². The molecule has 0 saturated carbocycles. The van der Waals surface area contributed by atoms with Crippen molar-refractivity contribution in [1.29, 1.82) is 0 Å². The van der Waals surface area contributed by atoms with Crippen molar-refractivity contribution in [3.05, 3.63) is 35.0 Å². The van der Waals surface area contributed by atoms with Crippen molar-refractivity contribution in [2.75, 3.05) is 39.4 Å². The molecule has 5 rings (SSSR count). The second-order valence-corrected chi connectivity index (χ2v) is 8.99. The van der Waals surface area contributed by atoms with Crippen LogP contribution < -0.4 is 10.7 Å². The van der Waals surface area contributed by atoms with E-state index in [2.05, 4.69) is 52.7 Å². The maximum Gasteiger partial charge on any atom is 0.329 e. The molecule has 1 aromatic carbocycles. The van der Waals surface area contributed by atoms with Gasteiger partial charge in [-0.25, -0.2) is 9.80 Å². The molecule has 1 aromatic heterocycles. The molecule has 0 spiro atoms. The van der Waals surface area contributed by atoms with Crippen LogP contribution in [0.4, 0.5) is 4.79 Å². The van der Waals surface area contributed by atoms with Gasteiger partial charge in [-0.1, -0.05) is 19.1 Å². The number of rotatable bonds is 4. The van der Waals surface area contributed by atoms with Gasteiger partial charge < -0.3 is 15.0 Å². The van der Waals surface area contributed by atoms with Gasteiger partial charge in [0, 0.05) is 54.2 Å². The number of hydrogen-bond donors (Lipinski definition) is 3. The molecule has 0 radical (unpaired) electrons. The van der Waals surface area contributed by atoms with E-state index in [1.54, 1.807) is 0 Å². The third kappa shape index (κ3) is 3.59. The first-order chi connectivity index (χ1) is 14.6. The highest BCUT2D eigenvalue weighted by Gasteiger charge is 2.41. The van der Waals surface area contributed by atoms with Gasteiger partial charge in [0.2, 0.25) is 0 Å². The Labute approximate surface area is 178 Å². The molecule has 7 nitrogen and oxygen atoms in total. The second-order valence-electron chi connectivity index (χ2n) is 8.99. The lowest BCUT2D eigenvalue weighted by atomic mass is 9.73. The molecule has 1 aliphatic carbocycles. The number of nitrogens with zero attached hydrogens (tertiary/aromatic N) is 2. The van der Waals surface area contributed by atoms with Gasteiger partial charge in [-0.2, -0.15) is 0 Å². The molecule has 0 bridgehead atoms. The van der Waals surface area contributed by atoms with Gasteiger partial charge >= 0.3 is 6.03 Å². The van der Waals surface area contributed by atoms with Crippen LogP contribution in [0, 0.1) is 6.92 Å². The van der Waals surface area contributed by atoms with E-state index in [1.807, 2.05) is 5.01 Å². The van der Waals surface area contributed by atoms with Crippen molar-refractivity contribution >= 4 is 16.9 Å². The fourth-order valence-corrected chi connectivity index (χ4v) is 5.75. The van der Waals surface area contributed by atoms with Crippen LogP contribution >= 0.6 is 0 Å². The smallest absolute Gasteiger partial charge is 0.329 e. The SMILES string of the molecule is CCCN1C[C@@H](NC(=O)NN2CCOCC2)CC2c3cccc4[nH]c(C)c(c34)C[C@H]21. The molecule has 3 atom stereocenters. The number of nitrogens with one attached hydrogen (secondary N) is 3. The quantitative estimate of drug-likeness (QED) is 0.723. The second kappa shape index (κ2) is 8.21. The van der Waals surface area contributed by atoms with E-state index in [1.165, 1.54) is 27.7 Å². The average molecular weight is 412 g/mol. The zero-order valence-corrected chi connectivity index (χ0v) is 18.0. The summed E-state index contributed by atoms with van der Waals surface area (Å²) in [4.78, 5) is 18.9. The number of piperidine rings is 1. The van der Waals surface area contributed by atoms with Crippen LogP contribution in [0.3, 0.4) is 0 Å². The summed E-state index contributed by atoms with van der Waals surface area (Å²) in [6, 6.07) is 7.23. The molecule has 7 heteroatoms. The summed E-state index contributed by atoms with van der Waals surface area (Å²) in [5.74, 6) is 0.449. The van der Waals surface area contributed by atoms with Crippen LogP contribution in [0.25, 0.3) is 10.9 Å². The molecular formula is C23H33N5O2. The van der Waals surface area contributed by atoms with Crippen LogP contribution in [-0.4, -0.2) is 72.4 Å². The van der Waals surface area contributed by atoms with E-state index in [9.17, 15) is 4.79 Å². The van der Waals surface area contributed by atoms with Crippen LogP contribution in [0.2, 0.25) is 0 Å². The van der Waals surface area contributed by atoms with Crippen molar-refractivity contribution in [2.45, 2.75) is 51.1 Å². The van der Waals surface area contributed by atoms with E-state index in [4.69, 9.17) is 4.74 Å². The molecule has 2 aromatic rings. The normalized spacial score (nSPS) is 27.1. The van der Waals surface area contributed by atoms with Gasteiger partial charge in [-0.05, 0) is 49.9 Å². The number of H-pyrrole nitrogens is 1. The number of ether oxygens (including phenoxy) is 1. The fourth-order valence-electron chi connectivity index (χ4n) is 5.75. The fraction of sp³-hybridized carbons (Fsp3) is 0.609. The summed E-state index contributed by atoms with van der Waals surface area (Å²) in [7, 11) is 0. The first-order valence-corrected chi connectivity index (χ1v) is 11.4. The zero-order chi connectivity index (χ0) is 20.7. The maximum atomic E-state index is 12.7. The Morgan fingerprint density at radius 1 is 1.30 bits per heavy atom. The number of aromatic amines is 1. The number of morpholine rings is 1. The van der Waals surface area contributed by atoms with Crippen molar-refractivity contribution in [1.82, 2.24) is 25.6 Å². The number of hydrazine groups is 1. The van der Waals surface area contributed by atoms with Crippen LogP contribution in [-0.2, 0) is 11.2 Å². The Hall–Kier alpha value is -2.09. The number of carbonyl (C=O) groups is 1. The minimum Gasteiger partial charge on any atom is -0.379 e. The molecular weight excluding hydrogens is 378 g/mol. The van der Waals surface area contributed by atoms with Gasteiger partial charge in [-0.3, -0.25) is 10.3 Å². The van der Waals surface area contributed by atoms with Gasteiger partial charge in [0.05, 0.1) is 13.2 Å². The van der Waals surface area contributed by atoms with Crippen LogP contribution in [0.1, 0.15) is 42.5 Å². The first kappa shape index (κ1) is 19.8. The van der Waals surface area contributed by atoms with E-state index in [0.717, 1.165) is 45.4 Å². The highest BCUT2D eigenvalue weighted by atomic mass is 16.5. The van der Waals surface area contributed by atoms with Crippen molar-refractivity contribution < 1.29 is 9.53 Å².